The first-order valence-electron chi connectivity index (χ1n) is 11.5. The van der Waals surface area contributed by atoms with Crippen LogP contribution < -0.4 is 5.32 Å². The lowest BCUT2D eigenvalue weighted by Crippen LogP contribution is -2.49. The third-order valence-electron chi connectivity index (χ3n) is 5.71. The molecule has 2 rings (SSSR count). The molecule has 194 valence electrons. The van der Waals surface area contributed by atoms with Crippen LogP contribution in [-0.2, 0) is 19.2 Å². The Morgan fingerprint density at radius 3 is 1.26 bits per heavy atom. The molecule has 4 N–H and O–H groups in total. The maximum atomic E-state index is 12.7. The van der Waals surface area contributed by atoms with Crippen LogP contribution >= 0.6 is 0 Å². The van der Waals surface area contributed by atoms with Gasteiger partial charge in [0.25, 0.3) is 0 Å². The predicted octanol–water partition coefficient (Wildman–Crippen LogP) is -0.591. The monoisotopic (exact) mass is 493 g/mol. The number of nitrogens with one attached hydrogen (secondary N) is 1. The molecule has 12 nitrogen and oxygen atoms in total. The van der Waals surface area contributed by atoms with Gasteiger partial charge in [0, 0.05) is 58.0 Å². The molecule has 1 saturated heterocycles. The average Bonchev–Trinajstić information content (AvgIpc) is 2.76. The zero-order valence-corrected chi connectivity index (χ0v) is 20.1. The van der Waals surface area contributed by atoms with E-state index in [2.05, 4.69) is 5.32 Å². The van der Waals surface area contributed by atoms with Crippen molar-refractivity contribution in [2.45, 2.75) is 6.92 Å². The molecule has 0 bridgehead atoms. The summed E-state index contributed by atoms with van der Waals surface area (Å²) in [5, 5.41) is 30.6. The van der Waals surface area contributed by atoms with E-state index in [0.29, 0.717) is 58.0 Å². The number of carboxylic acid groups (broad SMARTS) is 3. The zero-order valence-electron chi connectivity index (χ0n) is 20.1. The molecule has 0 saturated carbocycles. The molecule has 0 radical (unpaired) electrons. The molecule has 0 spiro atoms. The Morgan fingerprint density at radius 1 is 0.629 bits per heavy atom. The number of hydrogen-bond acceptors (Lipinski definition) is 8. The van der Waals surface area contributed by atoms with E-state index in [-0.39, 0.29) is 32.1 Å². The molecule has 35 heavy (non-hydrogen) atoms. The summed E-state index contributed by atoms with van der Waals surface area (Å²) >= 11 is 0. The average molecular weight is 494 g/mol. The predicted molar refractivity (Wildman–Crippen MR) is 128 cm³/mol. The zero-order chi connectivity index (χ0) is 25.8. The summed E-state index contributed by atoms with van der Waals surface area (Å²) in [4.78, 5) is 53.6. The van der Waals surface area contributed by atoms with Crippen LogP contribution in [-0.4, -0.2) is 137 Å². The highest BCUT2D eigenvalue weighted by atomic mass is 16.4. The number of nitrogens with zero attached hydrogens (tertiary/aromatic N) is 4. The lowest BCUT2D eigenvalue weighted by molar-refractivity contribution is -0.140. The van der Waals surface area contributed by atoms with E-state index < -0.39 is 17.9 Å². The molecule has 0 atom stereocenters. The summed E-state index contributed by atoms with van der Waals surface area (Å²) < 4.78 is 0. The van der Waals surface area contributed by atoms with E-state index in [1.807, 2.05) is 36.1 Å². The van der Waals surface area contributed by atoms with Crippen molar-refractivity contribution in [3.8, 4) is 0 Å². The van der Waals surface area contributed by atoms with Crippen LogP contribution in [0.25, 0.3) is 0 Å². The van der Waals surface area contributed by atoms with Crippen molar-refractivity contribution in [1.29, 1.82) is 0 Å². The van der Waals surface area contributed by atoms with Crippen molar-refractivity contribution >= 4 is 29.5 Å². The minimum atomic E-state index is -1.00. The molecular weight excluding hydrogens is 458 g/mol. The quantitative estimate of drug-likeness (QED) is 0.349. The van der Waals surface area contributed by atoms with Crippen LogP contribution in [0.4, 0.5) is 5.69 Å². The lowest BCUT2D eigenvalue weighted by Gasteiger charge is -2.32. The van der Waals surface area contributed by atoms with Gasteiger partial charge in [-0.25, -0.2) is 0 Å². The Morgan fingerprint density at radius 2 is 0.943 bits per heavy atom. The second kappa shape index (κ2) is 14.4. The second-order valence-corrected chi connectivity index (χ2v) is 8.70. The van der Waals surface area contributed by atoms with E-state index in [4.69, 9.17) is 0 Å². The number of aliphatic carboxylic acids is 3. The summed E-state index contributed by atoms with van der Waals surface area (Å²) in [6, 6.07) is 7.42. The topological polar surface area (TPSA) is 154 Å². The molecule has 0 aliphatic carbocycles. The number of hydrogen-bond donors (Lipinski definition) is 4. The molecule has 1 aromatic rings. The van der Waals surface area contributed by atoms with E-state index in [9.17, 15) is 34.5 Å². The highest BCUT2D eigenvalue weighted by Gasteiger charge is 2.21. The van der Waals surface area contributed by atoms with E-state index in [1.165, 1.54) is 0 Å². The van der Waals surface area contributed by atoms with Crippen LogP contribution in [0, 0.1) is 6.92 Å². The maximum absolute atomic E-state index is 12.7. The maximum Gasteiger partial charge on any atom is 0.317 e. The number of carboxylic acids is 3. The standard InChI is InChI=1S/C23H35N5O7/c1-18-2-4-19(5-3-18)24-20(29)14-25-6-8-26(15-21(30)31)10-12-28(17-23(34)35)13-11-27(9-7-25)16-22(32)33/h2-5H,6-17H2,1H3,(H,24,29)(H,30,31)(H,32,33)(H,34,35). The van der Waals surface area contributed by atoms with Crippen molar-refractivity contribution in [2.75, 3.05) is 83.9 Å². The van der Waals surface area contributed by atoms with Crippen molar-refractivity contribution in [3.05, 3.63) is 29.8 Å². The highest BCUT2D eigenvalue weighted by molar-refractivity contribution is 5.92. The van der Waals surface area contributed by atoms with Crippen molar-refractivity contribution < 1.29 is 34.5 Å². The number of carbonyl (C=O) groups excluding carboxylic acids is 1. The van der Waals surface area contributed by atoms with Gasteiger partial charge in [-0.3, -0.25) is 38.8 Å². The Bertz CT molecular complexity index is 832. The van der Waals surface area contributed by atoms with Crippen molar-refractivity contribution in [1.82, 2.24) is 19.6 Å². The van der Waals surface area contributed by atoms with Gasteiger partial charge in [0.2, 0.25) is 5.91 Å². The summed E-state index contributed by atoms with van der Waals surface area (Å²) in [7, 11) is 0. The van der Waals surface area contributed by atoms with Crippen LogP contribution in [0.5, 0.6) is 0 Å². The first kappa shape index (κ1) is 28.2. The number of rotatable bonds is 9. The first-order chi connectivity index (χ1) is 16.6. The molecule has 1 aromatic carbocycles. The Labute approximate surface area is 204 Å². The summed E-state index contributed by atoms with van der Waals surface area (Å²) in [5.74, 6) is -3.20. The summed E-state index contributed by atoms with van der Waals surface area (Å²) in [6.45, 7) is 4.26. The van der Waals surface area contributed by atoms with E-state index >= 15 is 0 Å². The fourth-order valence-corrected chi connectivity index (χ4v) is 3.83. The Balaban J connectivity index is 2.11. The molecule has 1 aliphatic heterocycles. The minimum absolute atomic E-state index is 0.0703. The summed E-state index contributed by atoms with van der Waals surface area (Å²) in [5.41, 5.74) is 1.75. The number of amides is 1. The van der Waals surface area contributed by atoms with Gasteiger partial charge in [-0.1, -0.05) is 17.7 Å². The van der Waals surface area contributed by atoms with Crippen LogP contribution in [0.1, 0.15) is 5.56 Å². The minimum Gasteiger partial charge on any atom is -0.480 e. The third kappa shape index (κ3) is 11.8. The van der Waals surface area contributed by atoms with E-state index in [1.54, 1.807) is 14.7 Å². The van der Waals surface area contributed by atoms with Gasteiger partial charge in [0.05, 0.1) is 26.2 Å². The van der Waals surface area contributed by atoms with Gasteiger partial charge < -0.3 is 20.6 Å². The van der Waals surface area contributed by atoms with Gasteiger partial charge >= 0.3 is 17.9 Å². The van der Waals surface area contributed by atoms with Gasteiger partial charge in [0.1, 0.15) is 0 Å². The molecule has 0 unspecified atom stereocenters. The van der Waals surface area contributed by atoms with Gasteiger partial charge in [-0.05, 0) is 19.1 Å². The third-order valence-corrected chi connectivity index (χ3v) is 5.71. The SMILES string of the molecule is Cc1ccc(NC(=O)CN2CCN(CC(=O)O)CCN(CC(=O)O)CCN(CC(=O)O)CC2)cc1. The molecule has 1 amide bonds. The molecule has 1 aliphatic rings. The first-order valence-corrected chi connectivity index (χ1v) is 11.5. The molecule has 12 heteroatoms. The molecule has 1 heterocycles. The van der Waals surface area contributed by atoms with Gasteiger partial charge in [-0.15, -0.1) is 0 Å². The number of anilines is 1. The van der Waals surface area contributed by atoms with Gasteiger partial charge in [-0.2, -0.15) is 0 Å². The van der Waals surface area contributed by atoms with Gasteiger partial charge in [0.15, 0.2) is 0 Å². The van der Waals surface area contributed by atoms with Crippen molar-refractivity contribution in [3.63, 3.8) is 0 Å². The van der Waals surface area contributed by atoms with Crippen molar-refractivity contribution in [2.24, 2.45) is 0 Å². The van der Waals surface area contributed by atoms with Crippen LogP contribution in [0.2, 0.25) is 0 Å². The number of aryl methyl sites for hydroxylation is 1. The second-order valence-electron chi connectivity index (χ2n) is 8.70. The number of carbonyl (C=O) groups is 4. The summed E-state index contributed by atoms with van der Waals surface area (Å²) in [6.07, 6.45) is 0. The largest absolute Gasteiger partial charge is 0.480 e. The Kier molecular flexibility index (Phi) is 11.6. The normalized spacial score (nSPS) is 17.7. The Hall–Kier alpha value is -3.06. The molecule has 1 fully saturated rings. The van der Waals surface area contributed by atoms with Crippen LogP contribution in [0.3, 0.4) is 0 Å². The fraction of sp³-hybridized carbons (Fsp3) is 0.565. The van der Waals surface area contributed by atoms with E-state index in [0.717, 1.165) is 5.56 Å². The smallest absolute Gasteiger partial charge is 0.317 e. The lowest BCUT2D eigenvalue weighted by atomic mass is 10.2. The fourth-order valence-electron chi connectivity index (χ4n) is 3.83. The number of benzene rings is 1. The molecule has 0 aromatic heterocycles. The highest BCUT2D eigenvalue weighted by Crippen LogP contribution is 2.09. The van der Waals surface area contributed by atoms with Crippen LogP contribution in [0.15, 0.2) is 24.3 Å². The molecular formula is C23H35N5O7.